The fourth-order valence-electron chi connectivity index (χ4n) is 3.35. The van der Waals surface area contributed by atoms with Crippen molar-refractivity contribution in [2.24, 2.45) is 0 Å². The van der Waals surface area contributed by atoms with Crippen molar-refractivity contribution in [2.75, 3.05) is 39.3 Å². The van der Waals surface area contributed by atoms with E-state index in [1.54, 1.807) is 0 Å². The molecule has 3 fully saturated rings. The van der Waals surface area contributed by atoms with Crippen LogP contribution in [0.2, 0.25) is 0 Å². The minimum absolute atomic E-state index is 0.0969. The van der Waals surface area contributed by atoms with Gasteiger partial charge in [-0.3, -0.25) is 14.6 Å². The minimum Gasteiger partial charge on any atom is -0.374 e. The summed E-state index contributed by atoms with van der Waals surface area (Å²) in [5, 5.41) is 6.01. The third kappa shape index (κ3) is 2.65. The number of urea groups is 1. The van der Waals surface area contributed by atoms with Crippen molar-refractivity contribution in [1.29, 1.82) is 0 Å². The molecule has 3 rings (SSSR count). The van der Waals surface area contributed by atoms with Gasteiger partial charge in [-0.2, -0.15) is 0 Å². The van der Waals surface area contributed by atoms with E-state index in [2.05, 4.69) is 29.4 Å². The van der Waals surface area contributed by atoms with Crippen LogP contribution in [0.1, 0.15) is 20.3 Å². The summed E-state index contributed by atoms with van der Waals surface area (Å²) < 4.78 is 5.74. The van der Waals surface area contributed by atoms with Gasteiger partial charge in [-0.1, -0.05) is 0 Å². The van der Waals surface area contributed by atoms with E-state index in [1.807, 2.05) is 0 Å². The Morgan fingerprint density at radius 2 is 2.24 bits per heavy atom. The van der Waals surface area contributed by atoms with Gasteiger partial charge in [-0.25, -0.2) is 4.79 Å². The Hall–Kier alpha value is -1.18. The van der Waals surface area contributed by atoms with E-state index >= 15 is 0 Å². The van der Waals surface area contributed by atoms with Crippen molar-refractivity contribution in [3.63, 3.8) is 0 Å². The lowest BCUT2D eigenvalue weighted by molar-refractivity contribution is -0.133. The number of nitrogens with zero attached hydrogens (tertiary/aromatic N) is 2. The molecule has 0 bridgehead atoms. The number of amides is 3. The van der Waals surface area contributed by atoms with Gasteiger partial charge in [0.1, 0.15) is 5.54 Å². The molecule has 0 radical (unpaired) electrons. The first kappa shape index (κ1) is 14.7. The molecular formula is C14H24N4O3. The normalized spacial score (nSPS) is 34.2. The van der Waals surface area contributed by atoms with Crippen molar-refractivity contribution in [3.05, 3.63) is 0 Å². The minimum atomic E-state index is -0.719. The summed E-state index contributed by atoms with van der Waals surface area (Å²) in [5.74, 6) is -0.109. The molecule has 1 spiro atoms. The van der Waals surface area contributed by atoms with Gasteiger partial charge in [-0.15, -0.1) is 0 Å². The first-order valence-corrected chi connectivity index (χ1v) is 7.72. The van der Waals surface area contributed by atoms with Crippen LogP contribution in [-0.4, -0.2) is 78.8 Å². The Labute approximate surface area is 125 Å². The molecule has 0 aromatic rings. The van der Waals surface area contributed by atoms with Gasteiger partial charge >= 0.3 is 6.03 Å². The molecule has 3 aliphatic heterocycles. The van der Waals surface area contributed by atoms with E-state index in [4.69, 9.17) is 4.74 Å². The summed E-state index contributed by atoms with van der Waals surface area (Å²) in [6.45, 7) is 8.25. The lowest BCUT2D eigenvalue weighted by Gasteiger charge is -2.36. The molecule has 118 valence electrons. The van der Waals surface area contributed by atoms with Crippen LogP contribution < -0.4 is 10.6 Å². The third-order valence-corrected chi connectivity index (χ3v) is 4.69. The number of hydrogen-bond donors (Lipinski definition) is 2. The van der Waals surface area contributed by atoms with Crippen LogP contribution >= 0.6 is 0 Å². The summed E-state index contributed by atoms with van der Waals surface area (Å²) in [6, 6.07) is 0.166. The zero-order chi connectivity index (χ0) is 15.0. The van der Waals surface area contributed by atoms with E-state index in [0.29, 0.717) is 32.2 Å². The van der Waals surface area contributed by atoms with Gasteiger partial charge in [0.2, 0.25) is 0 Å². The number of nitrogens with one attached hydrogen (secondary N) is 2. The van der Waals surface area contributed by atoms with E-state index < -0.39 is 5.54 Å². The van der Waals surface area contributed by atoms with Gasteiger partial charge < -0.3 is 15.4 Å². The molecule has 2 unspecified atom stereocenters. The Morgan fingerprint density at radius 3 is 2.90 bits per heavy atom. The first-order valence-electron chi connectivity index (χ1n) is 7.72. The Morgan fingerprint density at radius 1 is 1.43 bits per heavy atom. The van der Waals surface area contributed by atoms with E-state index in [1.165, 1.54) is 4.90 Å². The quantitative estimate of drug-likeness (QED) is 0.679. The molecule has 0 aliphatic carbocycles. The van der Waals surface area contributed by atoms with Crippen LogP contribution in [-0.2, 0) is 9.53 Å². The highest BCUT2D eigenvalue weighted by Gasteiger charge is 2.53. The van der Waals surface area contributed by atoms with Crippen LogP contribution in [0.25, 0.3) is 0 Å². The summed E-state index contributed by atoms with van der Waals surface area (Å²) in [4.78, 5) is 28.3. The highest BCUT2D eigenvalue weighted by atomic mass is 16.5. The predicted molar refractivity (Wildman–Crippen MR) is 76.9 cm³/mol. The zero-order valence-corrected chi connectivity index (χ0v) is 12.7. The maximum absolute atomic E-state index is 12.6. The maximum Gasteiger partial charge on any atom is 0.325 e. The average molecular weight is 296 g/mol. The van der Waals surface area contributed by atoms with Crippen molar-refractivity contribution < 1.29 is 14.3 Å². The van der Waals surface area contributed by atoms with Crippen LogP contribution in [0.4, 0.5) is 4.79 Å². The van der Waals surface area contributed by atoms with E-state index in [-0.39, 0.29) is 18.0 Å². The summed E-state index contributed by atoms with van der Waals surface area (Å²) >= 11 is 0. The zero-order valence-electron chi connectivity index (χ0n) is 12.7. The number of hydrogen-bond acceptors (Lipinski definition) is 5. The van der Waals surface area contributed by atoms with Crippen molar-refractivity contribution in [1.82, 2.24) is 20.4 Å². The van der Waals surface area contributed by atoms with E-state index in [9.17, 15) is 9.59 Å². The van der Waals surface area contributed by atoms with Gasteiger partial charge in [0.05, 0.1) is 19.3 Å². The lowest BCUT2D eigenvalue weighted by atomic mass is 9.99. The molecular weight excluding hydrogens is 272 g/mol. The molecule has 0 aromatic heterocycles. The fourth-order valence-corrected chi connectivity index (χ4v) is 3.35. The number of morpholine rings is 1. The van der Waals surface area contributed by atoms with E-state index in [0.717, 1.165) is 19.6 Å². The average Bonchev–Trinajstić information content (AvgIpc) is 3.01. The second kappa shape index (κ2) is 5.55. The Kier molecular flexibility index (Phi) is 3.90. The molecule has 7 heteroatoms. The molecule has 0 aromatic carbocycles. The smallest absolute Gasteiger partial charge is 0.325 e. The van der Waals surface area contributed by atoms with Crippen LogP contribution in [0.15, 0.2) is 0 Å². The van der Waals surface area contributed by atoms with Crippen LogP contribution in [0, 0.1) is 0 Å². The number of rotatable bonds is 3. The van der Waals surface area contributed by atoms with Gasteiger partial charge in [-0.05, 0) is 26.8 Å². The number of carbonyl (C=O) groups is 2. The molecule has 2 atom stereocenters. The molecule has 21 heavy (non-hydrogen) atoms. The molecule has 3 amide bonds. The third-order valence-electron chi connectivity index (χ3n) is 4.69. The lowest BCUT2D eigenvalue weighted by Crippen LogP contribution is -2.52. The van der Waals surface area contributed by atoms with Gasteiger partial charge in [0, 0.05) is 25.7 Å². The van der Waals surface area contributed by atoms with Crippen molar-refractivity contribution >= 4 is 11.9 Å². The van der Waals surface area contributed by atoms with Crippen LogP contribution in [0.5, 0.6) is 0 Å². The second-order valence-electron chi connectivity index (χ2n) is 6.44. The summed E-state index contributed by atoms with van der Waals surface area (Å²) in [7, 11) is 0. The summed E-state index contributed by atoms with van der Waals surface area (Å²) in [6.07, 6.45) is 0.568. The van der Waals surface area contributed by atoms with Crippen molar-refractivity contribution in [2.45, 2.75) is 38.0 Å². The second-order valence-corrected chi connectivity index (χ2v) is 6.44. The molecule has 3 heterocycles. The molecule has 3 saturated heterocycles. The largest absolute Gasteiger partial charge is 0.374 e. The monoisotopic (exact) mass is 296 g/mol. The Balaban J connectivity index is 1.64. The molecule has 0 saturated carbocycles. The Bertz CT molecular complexity index is 434. The summed E-state index contributed by atoms with van der Waals surface area (Å²) in [5.41, 5.74) is -0.719. The maximum atomic E-state index is 12.6. The van der Waals surface area contributed by atoms with Crippen molar-refractivity contribution in [3.8, 4) is 0 Å². The number of ether oxygens (including phenoxy) is 1. The highest BCUT2D eigenvalue weighted by Crippen LogP contribution is 2.25. The van der Waals surface area contributed by atoms with Crippen LogP contribution in [0.3, 0.4) is 0 Å². The number of carbonyl (C=O) groups excluding carboxylic acids is 2. The standard InChI is InChI=1S/C14H24N4O3/c1-10(2)17-5-6-21-11(7-17)8-18-12(19)14(16-13(18)20)3-4-15-9-14/h10-11,15H,3-9H2,1-2H3,(H,16,20). The van der Waals surface area contributed by atoms with Gasteiger partial charge in [0.15, 0.2) is 0 Å². The first-order chi connectivity index (χ1) is 10.0. The molecule has 3 aliphatic rings. The highest BCUT2D eigenvalue weighted by molar-refractivity contribution is 6.07. The van der Waals surface area contributed by atoms with Gasteiger partial charge in [0.25, 0.3) is 5.91 Å². The number of imide groups is 1. The fraction of sp³-hybridized carbons (Fsp3) is 0.857. The predicted octanol–water partition coefficient (Wildman–Crippen LogP) is -0.620. The topological polar surface area (TPSA) is 73.9 Å². The molecule has 2 N–H and O–H groups in total. The SMILES string of the molecule is CC(C)N1CCOC(CN2C(=O)NC3(CCNC3)C2=O)C1. The molecule has 7 nitrogen and oxygen atoms in total.